The molecule has 4 rings (SSSR count). The summed E-state index contributed by atoms with van der Waals surface area (Å²) in [6.45, 7) is 3.63. The first-order valence-corrected chi connectivity index (χ1v) is 10.3. The molecule has 7 heteroatoms. The molecule has 162 valence electrons. The van der Waals surface area contributed by atoms with E-state index in [2.05, 4.69) is 20.6 Å². The monoisotopic (exact) mass is 430 g/mol. The van der Waals surface area contributed by atoms with Gasteiger partial charge in [-0.1, -0.05) is 50.2 Å². The smallest absolute Gasteiger partial charge is 0.254 e. The van der Waals surface area contributed by atoms with Crippen LogP contribution in [0.1, 0.15) is 24.2 Å². The molecule has 1 heterocycles. The Hall–Kier alpha value is -4.00. The molecule has 6 nitrogen and oxygen atoms in total. The second-order valence-corrected chi connectivity index (χ2v) is 7.81. The summed E-state index contributed by atoms with van der Waals surface area (Å²) >= 11 is 0. The predicted molar refractivity (Wildman–Crippen MR) is 123 cm³/mol. The van der Waals surface area contributed by atoms with Crippen LogP contribution in [0.5, 0.6) is 0 Å². The number of nitrogens with zero attached hydrogens (tertiary/aromatic N) is 1. The van der Waals surface area contributed by atoms with Crippen molar-refractivity contribution in [2.45, 2.75) is 19.9 Å². The van der Waals surface area contributed by atoms with Gasteiger partial charge in [0, 0.05) is 5.56 Å². The molecule has 32 heavy (non-hydrogen) atoms. The highest BCUT2D eigenvalue weighted by molar-refractivity contribution is 6.03. The van der Waals surface area contributed by atoms with Crippen molar-refractivity contribution in [2.75, 3.05) is 5.32 Å². The van der Waals surface area contributed by atoms with Gasteiger partial charge in [-0.2, -0.15) is 0 Å². The molecule has 0 fully saturated rings. The number of para-hydroxylation sites is 3. The molecule has 0 saturated carbocycles. The van der Waals surface area contributed by atoms with Crippen LogP contribution < -0.4 is 10.6 Å². The van der Waals surface area contributed by atoms with E-state index in [0.717, 1.165) is 16.6 Å². The molecule has 0 aliphatic rings. The second kappa shape index (κ2) is 9.01. The maximum absolute atomic E-state index is 14.0. The number of H-pyrrole nitrogens is 1. The SMILES string of the molecule is CC(C)[C@H](NC(=O)c1ccccc1F)C(=O)Nc1ccccc1-c1nc2ccccc2[nH]1. The molecule has 2 amide bonds. The number of hydrogen-bond donors (Lipinski definition) is 3. The van der Waals surface area contributed by atoms with Gasteiger partial charge in [0.1, 0.15) is 17.7 Å². The van der Waals surface area contributed by atoms with Crippen molar-refractivity contribution < 1.29 is 14.0 Å². The molecule has 0 saturated heterocycles. The summed E-state index contributed by atoms with van der Waals surface area (Å²) in [6, 6.07) is 19.8. The van der Waals surface area contributed by atoms with Crippen LogP contribution in [-0.4, -0.2) is 27.8 Å². The molecule has 0 aliphatic carbocycles. The molecule has 4 aromatic rings. The molecule has 3 aromatic carbocycles. The lowest BCUT2D eigenvalue weighted by Gasteiger charge is -2.22. The molecular weight excluding hydrogens is 407 g/mol. The molecule has 0 radical (unpaired) electrons. The molecule has 1 atom stereocenters. The summed E-state index contributed by atoms with van der Waals surface area (Å²) in [7, 11) is 0. The number of rotatable bonds is 6. The average Bonchev–Trinajstić information content (AvgIpc) is 3.21. The summed E-state index contributed by atoms with van der Waals surface area (Å²) in [4.78, 5) is 33.6. The zero-order valence-corrected chi connectivity index (χ0v) is 17.7. The predicted octanol–water partition coefficient (Wildman–Crippen LogP) is 4.76. The highest BCUT2D eigenvalue weighted by Gasteiger charge is 2.26. The number of carbonyl (C=O) groups is 2. The normalized spacial score (nSPS) is 12.0. The lowest BCUT2D eigenvalue weighted by Crippen LogP contribution is -2.47. The van der Waals surface area contributed by atoms with Crippen LogP contribution >= 0.6 is 0 Å². The third kappa shape index (κ3) is 4.37. The zero-order chi connectivity index (χ0) is 22.7. The minimum Gasteiger partial charge on any atom is -0.340 e. The summed E-state index contributed by atoms with van der Waals surface area (Å²) in [6.07, 6.45) is 0. The maximum Gasteiger partial charge on any atom is 0.254 e. The Morgan fingerprint density at radius 1 is 0.938 bits per heavy atom. The molecule has 0 aliphatic heterocycles. The highest BCUT2D eigenvalue weighted by Crippen LogP contribution is 2.28. The Balaban J connectivity index is 1.58. The highest BCUT2D eigenvalue weighted by atomic mass is 19.1. The van der Waals surface area contributed by atoms with Crippen LogP contribution in [0.2, 0.25) is 0 Å². The Labute approximate surface area is 184 Å². The van der Waals surface area contributed by atoms with Gasteiger partial charge in [-0.05, 0) is 42.3 Å². The number of aromatic nitrogens is 2. The zero-order valence-electron chi connectivity index (χ0n) is 17.7. The third-order valence-corrected chi connectivity index (χ3v) is 5.18. The number of imidazole rings is 1. The number of anilines is 1. The van der Waals surface area contributed by atoms with Crippen molar-refractivity contribution in [1.82, 2.24) is 15.3 Å². The quantitative estimate of drug-likeness (QED) is 0.412. The van der Waals surface area contributed by atoms with Crippen LogP contribution in [0.25, 0.3) is 22.4 Å². The third-order valence-electron chi connectivity index (χ3n) is 5.18. The van der Waals surface area contributed by atoms with Gasteiger partial charge in [0.25, 0.3) is 5.91 Å². The average molecular weight is 430 g/mol. The van der Waals surface area contributed by atoms with E-state index in [1.54, 1.807) is 12.1 Å². The van der Waals surface area contributed by atoms with Crippen molar-refractivity contribution in [2.24, 2.45) is 5.92 Å². The number of aromatic amines is 1. The van der Waals surface area contributed by atoms with E-state index in [1.165, 1.54) is 18.2 Å². The van der Waals surface area contributed by atoms with Crippen molar-refractivity contribution in [3.8, 4) is 11.4 Å². The van der Waals surface area contributed by atoms with Gasteiger partial charge in [-0.3, -0.25) is 9.59 Å². The van der Waals surface area contributed by atoms with Crippen LogP contribution in [0, 0.1) is 11.7 Å². The van der Waals surface area contributed by atoms with Gasteiger partial charge in [-0.25, -0.2) is 9.37 Å². The first-order valence-electron chi connectivity index (χ1n) is 10.3. The van der Waals surface area contributed by atoms with Crippen molar-refractivity contribution in [1.29, 1.82) is 0 Å². The summed E-state index contributed by atoms with van der Waals surface area (Å²) < 4.78 is 14.0. The van der Waals surface area contributed by atoms with Gasteiger partial charge in [0.15, 0.2) is 0 Å². The van der Waals surface area contributed by atoms with E-state index >= 15 is 0 Å². The molecule has 1 aromatic heterocycles. The number of carbonyl (C=O) groups excluding carboxylic acids is 2. The standard InChI is InChI=1S/C25H23FN4O2/c1-15(2)22(30-24(31)16-9-3-5-11-18(16)26)25(32)29-19-12-6-4-10-17(19)23-27-20-13-7-8-14-21(20)28-23/h3-15,22H,1-2H3,(H,27,28)(H,29,32)(H,30,31)/t22-/m0/s1. The first kappa shape index (κ1) is 21.2. The van der Waals surface area contributed by atoms with Crippen molar-refractivity contribution in [3.63, 3.8) is 0 Å². The van der Waals surface area contributed by atoms with E-state index < -0.39 is 23.7 Å². The van der Waals surface area contributed by atoms with Crippen LogP contribution in [0.4, 0.5) is 10.1 Å². The molecule has 0 bridgehead atoms. The van der Waals surface area contributed by atoms with Gasteiger partial charge in [-0.15, -0.1) is 0 Å². The number of hydrogen-bond acceptors (Lipinski definition) is 3. The fourth-order valence-electron chi connectivity index (χ4n) is 3.49. The Morgan fingerprint density at radius 3 is 2.38 bits per heavy atom. The van der Waals surface area contributed by atoms with Crippen LogP contribution in [0.15, 0.2) is 72.8 Å². The minimum atomic E-state index is -0.856. The fourth-order valence-corrected chi connectivity index (χ4v) is 3.49. The number of nitrogens with one attached hydrogen (secondary N) is 3. The number of fused-ring (bicyclic) bond motifs is 1. The number of amides is 2. The second-order valence-electron chi connectivity index (χ2n) is 7.81. The summed E-state index contributed by atoms with van der Waals surface area (Å²) in [5.41, 5.74) is 2.89. The summed E-state index contributed by atoms with van der Waals surface area (Å²) in [5, 5.41) is 5.56. The van der Waals surface area contributed by atoms with E-state index in [-0.39, 0.29) is 11.5 Å². The van der Waals surface area contributed by atoms with Gasteiger partial charge in [0.2, 0.25) is 5.91 Å². The van der Waals surface area contributed by atoms with Gasteiger partial charge < -0.3 is 15.6 Å². The minimum absolute atomic E-state index is 0.103. The van der Waals surface area contributed by atoms with Gasteiger partial charge in [0.05, 0.1) is 22.3 Å². The fraction of sp³-hybridized carbons (Fsp3) is 0.160. The lowest BCUT2D eigenvalue weighted by molar-refractivity contribution is -0.118. The number of benzene rings is 3. The van der Waals surface area contributed by atoms with E-state index in [1.807, 2.05) is 56.3 Å². The van der Waals surface area contributed by atoms with Crippen molar-refractivity contribution in [3.05, 3.63) is 84.2 Å². The molecular formula is C25H23FN4O2. The summed E-state index contributed by atoms with van der Waals surface area (Å²) in [5.74, 6) is -1.26. The lowest BCUT2D eigenvalue weighted by atomic mass is 10.0. The molecule has 0 unspecified atom stereocenters. The maximum atomic E-state index is 14.0. The van der Waals surface area contributed by atoms with E-state index in [0.29, 0.717) is 11.5 Å². The Kier molecular flexibility index (Phi) is 5.98. The van der Waals surface area contributed by atoms with Crippen LogP contribution in [-0.2, 0) is 4.79 Å². The first-order chi connectivity index (χ1) is 15.4. The molecule has 0 spiro atoms. The Morgan fingerprint density at radius 2 is 1.62 bits per heavy atom. The largest absolute Gasteiger partial charge is 0.340 e. The Bertz CT molecular complexity index is 1250. The molecule has 3 N–H and O–H groups in total. The van der Waals surface area contributed by atoms with Crippen molar-refractivity contribution >= 4 is 28.5 Å². The van der Waals surface area contributed by atoms with E-state index in [9.17, 15) is 14.0 Å². The van der Waals surface area contributed by atoms with Gasteiger partial charge >= 0.3 is 0 Å². The van der Waals surface area contributed by atoms with E-state index in [4.69, 9.17) is 0 Å². The topological polar surface area (TPSA) is 86.9 Å². The number of halogens is 1. The van der Waals surface area contributed by atoms with Crippen LogP contribution in [0.3, 0.4) is 0 Å².